The van der Waals surface area contributed by atoms with Gasteiger partial charge in [0.05, 0.1) is 29.6 Å². The molecule has 0 atom stereocenters. The molecule has 8 rings (SSSR count). The highest BCUT2D eigenvalue weighted by molar-refractivity contribution is 7.86. The standard InChI is InChI=1S/C23H27N5OS.CH3Cl/c29-30-14-21(15-30)26-5-3-17(4-6-26)18-1-2-19-11-25-28(22(19)7-18)20-12-24-27(13-20)23-8-16(9-23)10-23;1-2/h1-2,7,11-13,16-17,21H,3-6,8-10,14-15H2;1H3. The third-order valence-corrected chi connectivity index (χ3v) is 9.69. The molecule has 0 N–H and O–H groups in total. The minimum absolute atomic E-state index is 0.318. The van der Waals surface area contributed by atoms with Crippen molar-refractivity contribution in [1.82, 2.24) is 24.5 Å². The molecule has 3 aliphatic carbocycles. The summed E-state index contributed by atoms with van der Waals surface area (Å²) in [4.78, 5) is 2.56. The molecule has 6 nitrogen and oxygen atoms in total. The maximum Gasteiger partial charge on any atom is 0.103 e. The van der Waals surface area contributed by atoms with Crippen LogP contribution in [0.2, 0.25) is 0 Å². The van der Waals surface area contributed by atoms with Crippen molar-refractivity contribution in [3.05, 3.63) is 42.4 Å². The van der Waals surface area contributed by atoms with Gasteiger partial charge in [0.2, 0.25) is 0 Å². The van der Waals surface area contributed by atoms with Gasteiger partial charge in [0.15, 0.2) is 0 Å². The van der Waals surface area contributed by atoms with Crippen molar-refractivity contribution in [2.45, 2.75) is 49.6 Å². The average Bonchev–Trinajstić information content (AvgIpc) is 3.37. The molecular formula is C24H30ClN5OS. The van der Waals surface area contributed by atoms with E-state index in [-0.39, 0.29) is 0 Å². The van der Waals surface area contributed by atoms with E-state index in [0.29, 0.717) is 17.5 Å². The first kappa shape index (κ1) is 20.9. The number of fused-ring (bicyclic) bond motifs is 1. The summed E-state index contributed by atoms with van der Waals surface area (Å²) in [6, 6.07) is 7.42. The molecule has 4 heterocycles. The van der Waals surface area contributed by atoms with Gasteiger partial charge in [-0.25, -0.2) is 4.68 Å². The van der Waals surface area contributed by atoms with E-state index < -0.39 is 10.8 Å². The number of nitrogens with zero attached hydrogens (tertiary/aromatic N) is 5. The van der Waals surface area contributed by atoms with Gasteiger partial charge in [-0.1, -0.05) is 12.1 Å². The number of alkyl halides is 1. The molecule has 3 saturated carbocycles. The molecular weight excluding hydrogens is 442 g/mol. The molecule has 3 aromatic rings. The van der Waals surface area contributed by atoms with Crippen molar-refractivity contribution >= 4 is 33.3 Å². The molecule has 32 heavy (non-hydrogen) atoms. The third-order valence-electron chi connectivity index (χ3n) is 8.17. The smallest absolute Gasteiger partial charge is 0.103 e. The van der Waals surface area contributed by atoms with Crippen LogP contribution in [0.3, 0.4) is 0 Å². The van der Waals surface area contributed by atoms with Gasteiger partial charge in [-0.3, -0.25) is 13.8 Å². The second-order valence-electron chi connectivity index (χ2n) is 9.96. The summed E-state index contributed by atoms with van der Waals surface area (Å²) in [5.74, 6) is 3.31. The Hall–Kier alpha value is -1.70. The molecule has 2 aliphatic heterocycles. The van der Waals surface area contributed by atoms with Crippen molar-refractivity contribution < 1.29 is 4.21 Å². The highest BCUT2D eigenvalue weighted by Crippen LogP contribution is 2.62. The van der Waals surface area contributed by atoms with Gasteiger partial charge >= 0.3 is 0 Å². The third kappa shape index (κ3) is 3.27. The van der Waals surface area contributed by atoms with Gasteiger partial charge in [-0.05, 0) is 68.7 Å². The zero-order valence-corrected chi connectivity index (χ0v) is 20.1. The van der Waals surface area contributed by atoms with Crippen molar-refractivity contribution in [3.8, 4) is 5.69 Å². The summed E-state index contributed by atoms with van der Waals surface area (Å²) in [5.41, 5.74) is 3.99. The summed E-state index contributed by atoms with van der Waals surface area (Å²) >= 11 is 4.64. The monoisotopic (exact) mass is 471 g/mol. The Kier molecular flexibility index (Phi) is 5.19. The normalized spacial score (nSPS) is 31.9. The van der Waals surface area contributed by atoms with Crippen LogP contribution < -0.4 is 0 Å². The number of halogens is 1. The SMILES string of the molecule is CCl.O=S1CC(N2CCC(c3ccc4cnn(-c5cnn(C67CC(C6)C7)c5)c4c3)CC2)C1. The lowest BCUT2D eigenvalue weighted by Crippen LogP contribution is -2.59. The van der Waals surface area contributed by atoms with Gasteiger partial charge in [-0.15, -0.1) is 11.6 Å². The topological polar surface area (TPSA) is 56.0 Å². The lowest BCUT2D eigenvalue weighted by Gasteiger charge is -2.61. The van der Waals surface area contributed by atoms with Crippen LogP contribution in [0, 0.1) is 5.92 Å². The summed E-state index contributed by atoms with van der Waals surface area (Å²) in [6.45, 7) is 2.25. The number of hydrogen-bond donors (Lipinski definition) is 0. The molecule has 2 aromatic heterocycles. The van der Waals surface area contributed by atoms with Crippen molar-refractivity contribution in [1.29, 1.82) is 0 Å². The Balaban J connectivity index is 0.000000953. The first-order valence-electron chi connectivity index (χ1n) is 11.7. The Labute approximate surface area is 196 Å². The Bertz CT molecular complexity index is 1140. The molecule has 5 fully saturated rings. The molecule has 2 saturated heterocycles. The number of piperidine rings is 1. The summed E-state index contributed by atoms with van der Waals surface area (Å²) in [5, 5.41) is 10.6. The van der Waals surface area contributed by atoms with E-state index in [0.717, 1.165) is 36.2 Å². The summed E-state index contributed by atoms with van der Waals surface area (Å²) in [7, 11) is -0.557. The number of rotatable bonds is 4. The van der Waals surface area contributed by atoms with Crippen LogP contribution in [-0.2, 0) is 16.3 Å². The highest BCUT2D eigenvalue weighted by Gasteiger charge is 2.58. The fourth-order valence-electron chi connectivity index (χ4n) is 6.08. The van der Waals surface area contributed by atoms with E-state index in [1.165, 1.54) is 55.0 Å². The molecule has 8 heteroatoms. The molecule has 0 amide bonds. The minimum atomic E-state index is -0.557. The van der Waals surface area contributed by atoms with Gasteiger partial charge in [-0.2, -0.15) is 10.2 Å². The van der Waals surface area contributed by atoms with Crippen LogP contribution in [0.15, 0.2) is 36.8 Å². The average molecular weight is 472 g/mol. The van der Waals surface area contributed by atoms with E-state index in [9.17, 15) is 4.21 Å². The van der Waals surface area contributed by atoms with Gasteiger partial charge < -0.3 is 0 Å². The minimum Gasteiger partial charge on any atom is -0.299 e. The first-order valence-corrected chi connectivity index (χ1v) is 13.9. The van der Waals surface area contributed by atoms with E-state index in [2.05, 4.69) is 50.3 Å². The first-order chi connectivity index (χ1) is 15.7. The largest absolute Gasteiger partial charge is 0.299 e. The fraction of sp³-hybridized carbons (Fsp3) is 0.583. The van der Waals surface area contributed by atoms with Crippen LogP contribution >= 0.6 is 11.6 Å². The van der Waals surface area contributed by atoms with Crippen LogP contribution in [0.5, 0.6) is 0 Å². The number of likely N-dealkylation sites (tertiary alicyclic amines) is 1. The van der Waals surface area contributed by atoms with Gasteiger partial charge in [0.1, 0.15) is 5.69 Å². The van der Waals surface area contributed by atoms with Gasteiger partial charge in [0, 0.05) is 40.1 Å². The maximum absolute atomic E-state index is 11.4. The summed E-state index contributed by atoms with van der Waals surface area (Å²) in [6.07, 6.45) is 13.9. The predicted octanol–water partition coefficient (Wildman–Crippen LogP) is 3.90. The fourth-order valence-corrected chi connectivity index (χ4v) is 7.26. The molecule has 170 valence electrons. The number of hydrogen-bond acceptors (Lipinski definition) is 4. The lowest BCUT2D eigenvalue weighted by atomic mass is 9.50. The van der Waals surface area contributed by atoms with Crippen molar-refractivity contribution in [2.24, 2.45) is 5.92 Å². The predicted molar refractivity (Wildman–Crippen MR) is 129 cm³/mol. The molecule has 0 unspecified atom stereocenters. The van der Waals surface area contributed by atoms with Crippen LogP contribution in [-0.4, -0.2) is 65.7 Å². The quantitative estimate of drug-likeness (QED) is 0.541. The van der Waals surface area contributed by atoms with E-state index >= 15 is 0 Å². The Morgan fingerprint density at radius 3 is 2.47 bits per heavy atom. The molecule has 5 aliphatic rings. The van der Waals surface area contributed by atoms with Crippen LogP contribution in [0.1, 0.15) is 43.6 Å². The van der Waals surface area contributed by atoms with Crippen LogP contribution in [0.25, 0.3) is 16.6 Å². The highest BCUT2D eigenvalue weighted by atomic mass is 35.5. The Morgan fingerprint density at radius 2 is 1.81 bits per heavy atom. The van der Waals surface area contributed by atoms with Gasteiger partial charge in [0.25, 0.3) is 0 Å². The molecule has 1 aromatic carbocycles. The van der Waals surface area contributed by atoms with Crippen LogP contribution in [0.4, 0.5) is 0 Å². The van der Waals surface area contributed by atoms with Crippen molar-refractivity contribution in [3.63, 3.8) is 0 Å². The number of benzene rings is 1. The second kappa shape index (κ2) is 7.96. The lowest BCUT2D eigenvalue weighted by molar-refractivity contribution is -0.0977. The Morgan fingerprint density at radius 1 is 1.06 bits per heavy atom. The second-order valence-corrected chi connectivity index (χ2v) is 11.5. The van der Waals surface area contributed by atoms with E-state index in [1.54, 1.807) is 0 Å². The molecule has 2 bridgehead atoms. The zero-order valence-electron chi connectivity index (χ0n) is 18.5. The molecule has 0 radical (unpaired) electrons. The van der Waals surface area contributed by atoms with E-state index in [4.69, 9.17) is 10.2 Å². The summed E-state index contributed by atoms with van der Waals surface area (Å²) < 4.78 is 15.7. The number of aromatic nitrogens is 4. The maximum atomic E-state index is 11.4. The molecule has 0 spiro atoms. The zero-order chi connectivity index (χ0) is 21.9. The van der Waals surface area contributed by atoms with E-state index in [1.807, 2.05) is 12.4 Å². The van der Waals surface area contributed by atoms with Crippen molar-refractivity contribution in [2.75, 3.05) is 31.0 Å².